The molecule has 5 nitrogen and oxygen atoms in total. The number of aromatic nitrogens is 2. The number of carboxylic acid groups (broad SMARTS) is 1. The van der Waals surface area contributed by atoms with Crippen LogP contribution in [-0.4, -0.2) is 27.5 Å². The average molecular weight is 439 g/mol. The number of rotatable bonds is 9. The summed E-state index contributed by atoms with van der Waals surface area (Å²) < 4.78 is 7.29. The van der Waals surface area contributed by atoms with E-state index >= 15 is 0 Å². The van der Waals surface area contributed by atoms with E-state index in [4.69, 9.17) is 9.84 Å². The lowest BCUT2D eigenvalue weighted by atomic mass is 9.87. The van der Waals surface area contributed by atoms with E-state index in [9.17, 15) is 4.79 Å². The molecular weight excluding hydrogens is 412 g/mol. The average Bonchev–Trinajstić information content (AvgIpc) is 3.29. The molecule has 0 unspecified atom stereocenters. The number of aliphatic carboxylic acids is 1. The molecule has 0 amide bonds. The standard InChI is InChI=1S/C28H26N2O3/c1-21-22(14-8-16-26(21)33-20-27(31)32)15-9-17-30-19-25(18-29-30)28(23-10-4-2-5-11-23)24-12-6-3-7-13-24/h2-16,18-19,28H,17,20H2,1H3,(H,31,32). The Morgan fingerprint density at radius 3 is 2.27 bits per heavy atom. The van der Waals surface area contributed by atoms with Gasteiger partial charge in [0.2, 0.25) is 0 Å². The molecule has 1 N–H and O–H groups in total. The van der Waals surface area contributed by atoms with Crippen molar-refractivity contribution < 1.29 is 14.6 Å². The SMILES string of the molecule is Cc1c(C=CCn2cc(C(c3ccccc3)c3ccccc3)cn2)cccc1OCC(=O)O. The Hall–Kier alpha value is -4.12. The molecule has 166 valence electrons. The monoisotopic (exact) mass is 438 g/mol. The van der Waals surface area contributed by atoms with Crippen molar-refractivity contribution in [2.75, 3.05) is 6.61 Å². The highest BCUT2D eigenvalue weighted by Gasteiger charge is 2.18. The zero-order valence-corrected chi connectivity index (χ0v) is 18.5. The van der Waals surface area contributed by atoms with Gasteiger partial charge in [-0.3, -0.25) is 4.68 Å². The fourth-order valence-corrected chi connectivity index (χ4v) is 3.89. The number of nitrogens with zero attached hydrogens (tertiary/aromatic N) is 2. The Morgan fingerprint density at radius 2 is 1.64 bits per heavy atom. The summed E-state index contributed by atoms with van der Waals surface area (Å²) in [6.07, 6.45) is 8.08. The minimum absolute atomic E-state index is 0.121. The van der Waals surface area contributed by atoms with Crippen LogP contribution in [0.15, 0.2) is 97.3 Å². The third kappa shape index (κ3) is 5.57. The fraction of sp³-hybridized carbons (Fsp3) is 0.143. The molecule has 0 aliphatic carbocycles. The number of carboxylic acids is 1. The Kier molecular flexibility index (Phi) is 7.00. The second-order valence-electron chi connectivity index (χ2n) is 7.81. The maximum Gasteiger partial charge on any atom is 0.341 e. The van der Waals surface area contributed by atoms with E-state index < -0.39 is 5.97 Å². The van der Waals surface area contributed by atoms with Crippen LogP contribution in [0.2, 0.25) is 0 Å². The first-order valence-electron chi connectivity index (χ1n) is 10.8. The van der Waals surface area contributed by atoms with Crippen molar-refractivity contribution in [3.8, 4) is 5.75 Å². The highest BCUT2D eigenvalue weighted by Crippen LogP contribution is 2.31. The molecule has 1 heterocycles. The molecule has 0 aliphatic rings. The summed E-state index contributed by atoms with van der Waals surface area (Å²) in [5.74, 6) is -0.293. The van der Waals surface area contributed by atoms with Crippen molar-refractivity contribution in [1.82, 2.24) is 9.78 Å². The maximum absolute atomic E-state index is 10.8. The molecule has 1 aromatic heterocycles. The Bertz CT molecular complexity index is 1190. The topological polar surface area (TPSA) is 64.4 Å². The van der Waals surface area contributed by atoms with Gasteiger partial charge in [-0.1, -0.05) is 84.9 Å². The summed E-state index contributed by atoms with van der Waals surface area (Å²) in [5, 5.41) is 13.4. The van der Waals surface area contributed by atoms with Gasteiger partial charge >= 0.3 is 5.97 Å². The van der Waals surface area contributed by atoms with Crippen LogP contribution in [0.4, 0.5) is 0 Å². The summed E-state index contributed by atoms with van der Waals surface area (Å²) in [4.78, 5) is 10.8. The van der Waals surface area contributed by atoms with Gasteiger partial charge in [0.1, 0.15) is 5.75 Å². The Balaban J connectivity index is 1.51. The van der Waals surface area contributed by atoms with Crippen molar-refractivity contribution in [2.45, 2.75) is 19.4 Å². The number of carbonyl (C=O) groups is 1. The van der Waals surface area contributed by atoms with Gasteiger partial charge < -0.3 is 9.84 Å². The number of allylic oxidation sites excluding steroid dienone is 1. The number of benzene rings is 3. The van der Waals surface area contributed by atoms with Crippen LogP contribution in [0.3, 0.4) is 0 Å². The second-order valence-corrected chi connectivity index (χ2v) is 7.81. The molecule has 3 aromatic carbocycles. The molecule has 0 aliphatic heterocycles. The summed E-state index contributed by atoms with van der Waals surface area (Å²) in [6, 6.07) is 26.5. The van der Waals surface area contributed by atoms with Gasteiger partial charge in [0.05, 0.1) is 12.7 Å². The van der Waals surface area contributed by atoms with E-state index in [1.54, 1.807) is 6.07 Å². The van der Waals surface area contributed by atoms with E-state index in [0.717, 1.165) is 16.7 Å². The van der Waals surface area contributed by atoms with Crippen LogP contribution in [-0.2, 0) is 11.3 Å². The van der Waals surface area contributed by atoms with Gasteiger partial charge in [-0.15, -0.1) is 0 Å². The first-order chi connectivity index (χ1) is 16.1. The molecule has 33 heavy (non-hydrogen) atoms. The highest BCUT2D eigenvalue weighted by molar-refractivity contribution is 5.68. The molecule has 0 bridgehead atoms. The summed E-state index contributed by atoms with van der Waals surface area (Å²) in [5.41, 5.74) is 5.49. The first kappa shape index (κ1) is 22.1. The van der Waals surface area contributed by atoms with Gasteiger partial charge in [-0.05, 0) is 35.2 Å². The molecule has 0 saturated heterocycles. The van der Waals surface area contributed by atoms with Crippen molar-refractivity contribution in [3.05, 3.63) is 125 Å². The molecule has 0 radical (unpaired) electrons. The fourth-order valence-electron chi connectivity index (χ4n) is 3.89. The van der Waals surface area contributed by atoms with Crippen LogP contribution >= 0.6 is 0 Å². The highest BCUT2D eigenvalue weighted by atomic mass is 16.5. The lowest BCUT2D eigenvalue weighted by molar-refractivity contribution is -0.139. The molecule has 5 heteroatoms. The molecule has 4 aromatic rings. The smallest absolute Gasteiger partial charge is 0.341 e. The Labute approximate surface area is 193 Å². The summed E-state index contributed by atoms with van der Waals surface area (Å²) in [6.45, 7) is 2.19. The second kappa shape index (κ2) is 10.5. The predicted molar refractivity (Wildman–Crippen MR) is 129 cm³/mol. The molecule has 0 spiro atoms. The van der Waals surface area contributed by atoms with E-state index in [-0.39, 0.29) is 12.5 Å². The van der Waals surface area contributed by atoms with Crippen molar-refractivity contribution in [1.29, 1.82) is 0 Å². The molecule has 0 fully saturated rings. The number of hydrogen-bond acceptors (Lipinski definition) is 3. The van der Waals surface area contributed by atoms with Gasteiger partial charge in [0, 0.05) is 17.7 Å². The van der Waals surface area contributed by atoms with Crippen molar-refractivity contribution in [2.24, 2.45) is 0 Å². The minimum Gasteiger partial charge on any atom is -0.482 e. The van der Waals surface area contributed by atoms with Crippen LogP contribution in [0, 0.1) is 6.92 Å². The van der Waals surface area contributed by atoms with Crippen molar-refractivity contribution >= 4 is 12.0 Å². The van der Waals surface area contributed by atoms with Gasteiger partial charge in [-0.2, -0.15) is 5.10 Å². The minimum atomic E-state index is -0.992. The lowest BCUT2D eigenvalue weighted by Crippen LogP contribution is -2.10. The quantitative estimate of drug-likeness (QED) is 0.372. The number of ether oxygens (including phenoxy) is 1. The van der Waals surface area contributed by atoms with Gasteiger partial charge in [-0.25, -0.2) is 4.79 Å². The lowest BCUT2D eigenvalue weighted by Gasteiger charge is -2.16. The zero-order chi connectivity index (χ0) is 23.0. The third-order valence-electron chi connectivity index (χ3n) is 5.52. The van der Waals surface area contributed by atoms with E-state index in [1.807, 2.05) is 54.2 Å². The van der Waals surface area contributed by atoms with Crippen LogP contribution in [0.5, 0.6) is 5.75 Å². The predicted octanol–water partition coefficient (Wildman–Crippen LogP) is 5.55. The summed E-state index contributed by atoms with van der Waals surface area (Å²) >= 11 is 0. The summed E-state index contributed by atoms with van der Waals surface area (Å²) in [7, 11) is 0. The van der Waals surface area contributed by atoms with Crippen molar-refractivity contribution in [3.63, 3.8) is 0 Å². The third-order valence-corrected chi connectivity index (χ3v) is 5.52. The van der Waals surface area contributed by atoms with Gasteiger partial charge in [0.25, 0.3) is 0 Å². The molecule has 0 atom stereocenters. The van der Waals surface area contributed by atoms with E-state index in [0.29, 0.717) is 12.3 Å². The van der Waals surface area contributed by atoms with Gasteiger partial charge in [0.15, 0.2) is 6.61 Å². The zero-order valence-electron chi connectivity index (χ0n) is 18.5. The molecule has 0 saturated carbocycles. The van der Waals surface area contributed by atoms with Crippen LogP contribution < -0.4 is 4.74 Å². The van der Waals surface area contributed by atoms with E-state index in [2.05, 4.69) is 59.8 Å². The van der Waals surface area contributed by atoms with E-state index in [1.165, 1.54) is 11.1 Å². The molecule has 4 rings (SSSR count). The first-order valence-corrected chi connectivity index (χ1v) is 10.8. The van der Waals surface area contributed by atoms with Crippen LogP contribution in [0.25, 0.3) is 6.08 Å². The Morgan fingerprint density at radius 1 is 0.970 bits per heavy atom. The number of hydrogen-bond donors (Lipinski definition) is 1. The molecular formula is C28H26N2O3. The largest absolute Gasteiger partial charge is 0.482 e. The maximum atomic E-state index is 10.8. The van der Waals surface area contributed by atoms with Crippen LogP contribution in [0.1, 0.15) is 33.7 Å². The normalized spacial score (nSPS) is 11.2.